The minimum absolute atomic E-state index is 0.175. The maximum absolute atomic E-state index is 11.7. The number of ether oxygens (including phenoxy) is 1. The first-order chi connectivity index (χ1) is 15.6. The van der Waals surface area contributed by atoms with Gasteiger partial charge in [0.05, 0.1) is 29.6 Å². The monoisotopic (exact) mass is 431 g/mol. The highest BCUT2D eigenvalue weighted by Crippen LogP contribution is 2.30. The highest BCUT2D eigenvalue weighted by atomic mass is 16.5. The van der Waals surface area contributed by atoms with E-state index in [9.17, 15) is 10.1 Å². The van der Waals surface area contributed by atoms with Gasteiger partial charge in [-0.25, -0.2) is 9.97 Å². The van der Waals surface area contributed by atoms with Crippen LogP contribution >= 0.6 is 0 Å². The molecule has 9 nitrogen and oxygen atoms in total. The van der Waals surface area contributed by atoms with Crippen LogP contribution in [0.25, 0.3) is 22.5 Å². The number of primary amides is 1. The van der Waals surface area contributed by atoms with Crippen LogP contribution in [0.1, 0.15) is 35.2 Å². The second kappa shape index (κ2) is 9.49. The Morgan fingerprint density at radius 2 is 2.09 bits per heavy atom. The number of hydrogen-bond donors (Lipinski definition) is 3. The number of aromatic amines is 1. The number of benzene rings is 1. The van der Waals surface area contributed by atoms with Gasteiger partial charge in [-0.3, -0.25) is 4.79 Å². The maximum Gasteiger partial charge on any atom is 0.250 e. The van der Waals surface area contributed by atoms with Crippen LogP contribution in [0.15, 0.2) is 36.8 Å². The van der Waals surface area contributed by atoms with E-state index in [-0.39, 0.29) is 11.4 Å². The largest absolute Gasteiger partial charge is 0.492 e. The molecule has 1 fully saturated rings. The second-order valence-corrected chi connectivity index (χ2v) is 7.71. The quantitative estimate of drug-likeness (QED) is 0.464. The molecule has 0 atom stereocenters. The van der Waals surface area contributed by atoms with Crippen LogP contribution in [-0.2, 0) is 0 Å². The molecular formula is C23H25N7O2. The number of nitrogen functional groups attached to an aromatic ring is 1. The smallest absolute Gasteiger partial charge is 0.250 e. The van der Waals surface area contributed by atoms with Gasteiger partial charge in [0, 0.05) is 30.1 Å². The zero-order chi connectivity index (χ0) is 22.5. The fraction of sp³-hybridized carbons (Fsp3) is 0.304. The second-order valence-electron chi connectivity index (χ2n) is 7.71. The zero-order valence-corrected chi connectivity index (χ0v) is 17.7. The topological polar surface area (TPSA) is 147 Å². The van der Waals surface area contributed by atoms with Crippen LogP contribution < -0.4 is 16.2 Å². The summed E-state index contributed by atoms with van der Waals surface area (Å²) in [5.74, 6) is 0.128. The maximum atomic E-state index is 11.7. The fourth-order valence-corrected chi connectivity index (χ4v) is 3.88. The molecule has 9 heteroatoms. The molecule has 0 bridgehead atoms. The molecule has 1 aliphatic rings. The van der Waals surface area contributed by atoms with E-state index in [1.807, 2.05) is 6.07 Å². The summed E-state index contributed by atoms with van der Waals surface area (Å²) in [5.41, 5.74) is 14.2. The lowest BCUT2D eigenvalue weighted by Crippen LogP contribution is -2.21. The minimum atomic E-state index is -0.592. The predicted octanol–water partition coefficient (Wildman–Crippen LogP) is 2.56. The summed E-state index contributed by atoms with van der Waals surface area (Å²) < 4.78 is 5.86. The SMILES string of the molecule is N#Cc1cc(-c2cnc(N)c(-c3c[nH]cc3C(N)=O)n2)ccc1OCCCN1CCCC1. The summed E-state index contributed by atoms with van der Waals surface area (Å²) in [6, 6.07) is 7.50. The van der Waals surface area contributed by atoms with Gasteiger partial charge in [-0.05, 0) is 50.6 Å². The third-order valence-electron chi connectivity index (χ3n) is 5.54. The Morgan fingerprint density at radius 3 is 2.84 bits per heavy atom. The average Bonchev–Trinajstić information content (AvgIpc) is 3.49. The standard InChI is InChI=1S/C23H25N7O2/c24-11-16-10-15(4-5-20(16)32-9-3-8-30-6-1-2-7-30)19-14-28-22(25)21(29-19)17-12-27-13-18(17)23(26)31/h4-5,10,12-14,27H,1-3,6-9H2,(H2,25,28)(H2,26,31). The molecule has 0 saturated carbocycles. The van der Waals surface area contributed by atoms with Crippen molar-refractivity contribution in [2.75, 3.05) is 32.0 Å². The van der Waals surface area contributed by atoms with Crippen molar-refractivity contribution in [2.45, 2.75) is 19.3 Å². The summed E-state index contributed by atoms with van der Waals surface area (Å²) in [5, 5.41) is 9.62. The van der Waals surface area contributed by atoms with E-state index in [0.717, 1.165) is 26.1 Å². The molecular weight excluding hydrogens is 406 g/mol. The van der Waals surface area contributed by atoms with E-state index >= 15 is 0 Å². The van der Waals surface area contributed by atoms with Crippen LogP contribution in [0.3, 0.4) is 0 Å². The van der Waals surface area contributed by atoms with Gasteiger partial charge >= 0.3 is 0 Å². The molecule has 32 heavy (non-hydrogen) atoms. The lowest BCUT2D eigenvalue weighted by molar-refractivity contribution is 0.100. The number of carbonyl (C=O) groups is 1. The van der Waals surface area contributed by atoms with Gasteiger partial charge in [-0.15, -0.1) is 0 Å². The summed E-state index contributed by atoms with van der Waals surface area (Å²) >= 11 is 0. The van der Waals surface area contributed by atoms with Crippen LogP contribution in [0.5, 0.6) is 5.75 Å². The van der Waals surface area contributed by atoms with E-state index in [1.165, 1.54) is 25.2 Å². The normalized spacial score (nSPS) is 13.7. The molecule has 5 N–H and O–H groups in total. The molecule has 1 aromatic carbocycles. The fourth-order valence-electron chi connectivity index (χ4n) is 3.88. The molecule has 164 valence electrons. The average molecular weight is 432 g/mol. The number of carbonyl (C=O) groups excluding carboxylic acids is 1. The highest BCUT2D eigenvalue weighted by Gasteiger charge is 2.17. The van der Waals surface area contributed by atoms with Gasteiger partial charge in [-0.2, -0.15) is 5.26 Å². The third-order valence-corrected chi connectivity index (χ3v) is 5.54. The van der Waals surface area contributed by atoms with E-state index in [4.69, 9.17) is 16.2 Å². The molecule has 3 heterocycles. The van der Waals surface area contributed by atoms with Crippen LogP contribution in [0.4, 0.5) is 5.82 Å². The van der Waals surface area contributed by atoms with Crippen LogP contribution in [0, 0.1) is 11.3 Å². The number of anilines is 1. The van der Waals surface area contributed by atoms with Crippen molar-refractivity contribution < 1.29 is 9.53 Å². The van der Waals surface area contributed by atoms with E-state index in [0.29, 0.717) is 40.4 Å². The molecule has 1 amide bonds. The summed E-state index contributed by atoms with van der Waals surface area (Å²) in [6.07, 6.45) is 8.08. The number of rotatable bonds is 8. The van der Waals surface area contributed by atoms with Crippen molar-refractivity contribution in [3.05, 3.63) is 47.9 Å². The summed E-state index contributed by atoms with van der Waals surface area (Å²) in [4.78, 5) is 25.8. The first-order valence-electron chi connectivity index (χ1n) is 10.6. The van der Waals surface area contributed by atoms with E-state index in [1.54, 1.807) is 18.3 Å². The van der Waals surface area contributed by atoms with Crippen molar-refractivity contribution >= 4 is 11.7 Å². The summed E-state index contributed by atoms with van der Waals surface area (Å²) in [7, 11) is 0. The number of H-pyrrole nitrogens is 1. The van der Waals surface area contributed by atoms with Crippen molar-refractivity contribution in [2.24, 2.45) is 5.73 Å². The molecule has 1 saturated heterocycles. The Labute approximate surface area is 186 Å². The van der Waals surface area contributed by atoms with Crippen molar-refractivity contribution in [1.29, 1.82) is 5.26 Å². The van der Waals surface area contributed by atoms with E-state index in [2.05, 4.69) is 25.9 Å². The van der Waals surface area contributed by atoms with Gasteiger partial charge < -0.3 is 26.1 Å². The number of aromatic nitrogens is 3. The molecule has 0 aliphatic carbocycles. The Morgan fingerprint density at radius 1 is 1.28 bits per heavy atom. The number of nitrogens with two attached hydrogens (primary N) is 2. The number of nitrogens with one attached hydrogen (secondary N) is 1. The number of hydrogen-bond acceptors (Lipinski definition) is 7. The lowest BCUT2D eigenvalue weighted by Gasteiger charge is -2.15. The number of amides is 1. The van der Waals surface area contributed by atoms with Crippen molar-refractivity contribution in [3.63, 3.8) is 0 Å². The number of likely N-dealkylation sites (tertiary alicyclic amines) is 1. The van der Waals surface area contributed by atoms with Crippen molar-refractivity contribution in [1.82, 2.24) is 19.9 Å². The predicted molar refractivity (Wildman–Crippen MR) is 121 cm³/mol. The molecule has 4 rings (SSSR count). The highest BCUT2D eigenvalue weighted by molar-refractivity contribution is 6.00. The summed E-state index contributed by atoms with van der Waals surface area (Å²) in [6.45, 7) is 3.88. The lowest BCUT2D eigenvalue weighted by atomic mass is 10.1. The first kappa shape index (κ1) is 21.3. The first-order valence-corrected chi connectivity index (χ1v) is 10.6. The number of nitrogens with zero attached hydrogens (tertiary/aromatic N) is 4. The Balaban J connectivity index is 1.53. The zero-order valence-electron chi connectivity index (χ0n) is 17.7. The minimum Gasteiger partial charge on any atom is -0.492 e. The Bertz CT molecular complexity index is 1160. The van der Waals surface area contributed by atoms with Gasteiger partial charge in [0.25, 0.3) is 5.91 Å². The van der Waals surface area contributed by atoms with E-state index < -0.39 is 5.91 Å². The van der Waals surface area contributed by atoms with Gasteiger partial charge in [-0.1, -0.05) is 0 Å². The van der Waals surface area contributed by atoms with Crippen molar-refractivity contribution in [3.8, 4) is 34.3 Å². The Kier molecular flexibility index (Phi) is 6.33. The molecule has 0 radical (unpaired) electrons. The third kappa shape index (κ3) is 4.55. The number of nitriles is 1. The Hall–Kier alpha value is -3.90. The molecule has 2 aromatic heterocycles. The van der Waals surface area contributed by atoms with Gasteiger partial charge in [0.15, 0.2) is 0 Å². The molecule has 0 unspecified atom stereocenters. The van der Waals surface area contributed by atoms with Gasteiger partial charge in [0.2, 0.25) is 0 Å². The van der Waals surface area contributed by atoms with Crippen LogP contribution in [0.2, 0.25) is 0 Å². The van der Waals surface area contributed by atoms with Crippen LogP contribution in [-0.4, -0.2) is 52.0 Å². The van der Waals surface area contributed by atoms with Gasteiger partial charge in [0.1, 0.15) is 23.3 Å². The molecule has 0 spiro atoms. The molecule has 3 aromatic rings. The molecule has 1 aliphatic heterocycles.